The van der Waals surface area contributed by atoms with E-state index in [9.17, 15) is 5.11 Å². The Bertz CT molecular complexity index is 302. The lowest BCUT2D eigenvalue weighted by Crippen LogP contribution is -2.76. The summed E-state index contributed by atoms with van der Waals surface area (Å²) in [5.41, 5.74) is 0. The maximum absolute atomic E-state index is 9.92. The summed E-state index contributed by atoms with van der Waals surface area (Å²) >= 11 is 0. The normalized spacial score (nSPS) is 24.6. The molecule has 0 spiro atoms. The van der Waals surface area contributed by atoms with Crippen molar-refractivity contribution in [3.63, 3.8) is 0 Å². The van der Waals surface area contributed by atoms with E-state index in [4.69, 9.17) is 0 Å². The molecule has 0 aromatic carbocycles. The van der Waals surface area contributed by atoms with E-state index >= 15 is 0 Å². The molecule has 0 aliphatic heterocycles. The van der Waals surface area contributed by atoms with Crippen LogP contribution in [0.5, 0.6) is 0 Å². The van der Waals surface area contributed by atoms with Crippen LogP contribution in [-0.2, 0) is 0 Å². The summed E-state index contributed by atoms with van der Waals surface area (Å²) < 4.78 is 0. The lowest BCUT2D eigenvalue weighted by atomic mass is 9.95. The fourth-order valence-electron chi connectivity index (χ4n) is 3.31. The van der Waals surface area contributed by atoms with Gasteiger partial charge in [-0.3, -0.25) is 0 Å². The zero-order valence-corrected chi connectivity index (χ0v) is 12.7. The minimum absolute atomic E-state index is 0.374. The zero-order valence-electron chi connectivity index (χ0n) is 12.7. The Kier molecular flexibility index (Phi) is 7.31. The van der Waals surface area contributed by atoms with Crippen LogP contribution in [0.4, 0.5) is 0 Å². The minimum Gasteiger partial charge on any atom is -0.388 e. The Labute approximate surface area is 123 Å². The second kappa shape index (κ2) is 9.30. The van der Waals surface area contributed by atoms with Crippen LogP contribution < -0.4 is 10.3 Å². The summed E-state index contributed by atoms with van der Waals surface area (Å²) in [6.07, 6.45) is 18.7. The van der Waals surface area contributed by atoms with Gasteiger partial charge >= 0.3 is 0 Å². The quantitative estimate of drug-likeness (QED) is 0.642. The van der Waals surface area contributed by atoms with Gasteiger partial charge in [-0.2, -0.15) is 0 Å². The Morgan fingerprint density at radius 3 is 2.35 bits per heavy atom. The zero-order chi connectivity index (χ0) is 14.0. The van der Waals surface area contributed by atoms with Gasteiger partial charge in [0.1, 0.15) is 0 Å². The van der Waals surface area contributed by atoms with Gasteiger partial charge in [0, 0.05) is 25.4 Å². The summed E-state index contributed by atoms with van der Waals surface area (Å²) in [7, 11) is 0. The van der Waals surface area contributed by atoms with Gasteiger partial charge < -0.3 is 10.4 Å². The number of nitrogens with one attached hydrogen (secondary N) is 2. The van der Waals surface area contributed by atoms with Gasteiger partial charge in [-0.25, -0.2) is 4.99 Å². The van der Waals surface area contributed by atoms with Crippen molar-refractivity contribution in [1.29, 1.82) is 0 Å². The molecule has 2 fully saturated rings. The lowest BCUT2D eigenvalue weighted by Gasteiger charge is -2.23. The van der Waals surface area contributed by atoms with Gasteiger partial charge in [-0.15, -0.1) is 0 Å². The fraction of sp³-hybridized carbons (Fsp3) is 0.824. The molecule has 1 atom stereocenters. The molecule has 3 nitrogen and oxygen atoms in total. The van der Waals surface area contributed by atoms with Gasteiger partial charge in [0.2, 0.25) is 0 Å². The van der Waals surface area contributed by atoms with Crippen molar-refractivity contribution >= 4 is 6.21 Å². The van der Waals surface area contributed by atoms with Gasteiger partial charge in [-0.05, 0) is 37.8 Å². The summed E-state index contributed by atoms with van der Waals surface area (Å²) in [6.45, 7) is 0.679. The molecule has 2 rings (SSSR count). The predicted octanol–water partition coefficient (Wildman–Crippen LogP) is 1.31. The predicted molar refractivity (Wildman–Crippen MR) is 83.9 cm³/mol. The molecule has 2 aliphatic carbocycles. The van der Waals surface area contributed by atoms with E-state index in [0.29, 0.717) is 18.6 Å². The number of aliphatic hydroxyl groups excluding tert-OH is 1. The number of rotatable bonds is 6. The third-order valence-electron chi connectivity index (χ3n) is 4.59. The van der Waals surface area contributed by atoms with E-state index in [1.165, 1.54) is 64.2 Å². The molecule has 2 aliphatic rings. The van der Waals surface area contributed by atoms with Crippen molar-refractivity contribution < 1.29 is 10.1 Å². The van der Waals surface area contributed by atoms with Gasteiger partial charge in [0.15, 0.2) is 12.3 Å². The number of allylic oxidation sites excluding steroid dienone is 1. The third kappa shape index (κ3) is 6.19. The molecule has 0 saturated heterocycles. The molecule has 2 saturated carbocycles. The molecule has 1 unspecified atom stereocenters. The molecule has 0 radical (unpaired) electrons. The van der Waals surface area contributed by atoms with Crippen LogP contribution in [0.2, 0.25) is 0 Å². The van der Waals surface area contributed by atoms with Crippen LogP contribution >= 0.6 is 0 Å². The second-order valence-corrected chi connectivity index (χ2v) is 6.36. The van der Waals surface area contributed by atoms with Crippen LogP contribution in [0.25, 0.3) is 0 Å². The topological polar surface area (TPSA) is 46.2 Å². The van der Waals surface area contributed by atoms with E-state index in [2.05, 4.69) is 10.3 Å². The monoisotopic (exact) mass is 279 g/mol. The molecular weight excluding hydrogens is 248 g/mol. The number of hydrogen-bond acceptors (Lipinski definition) is 2. The Balaban J connectivity index is 1.59. The van der Waals surface area contributed by atoms with Crippen LogP contribution in [0.1, 0.15) is 64.2 Å². The third-order valence-corrected chi connectivity index (χ3v) is 4.59. The highest BCUT2D eigenvalue weighted by Crippen LogP contribution is 2.17. The maximum atomic E-state index is 9.92. The van der Waals surface area contributed by atoms with E-state index in [1.807, 2.05) is 18.4 Å². The van der Waals surface area contributed by atoms with E-state index in [0.717, 1.165) is 0 Å². The van der Waals surface area contributed by atoms with Crippen molar-refractivity contribution in [1.82, 2.24) is 5.32 Å². The van der Waals surface area contributed by atoms with Crippen molar-refractivity contribution in [3.05, 3.63) is 12.2 Å². The first-order valence-electron chi connectivity index (χ1n) is 8.52. The Morgan fingerprint density at radius 2 is 1.65 bits per heavy atom. The van der Waals surface area contributed by atoms with Crippen LogP contribution in [0.3, 0.4) is 0 Å². The Morgan fingerprint density at radius 1 is 1.00 bits per heavy atom. The minimum atomic E-state index is -0.374. The first-order chi connectivity index (χ1) is 9.84. The molecule has 20 heavy (non-hydrogen) atoms. The SMILES string of the molecule is OC(C=CC=[NH+]C1CCCCC1)CNC1CCCCC1. The first-order valence-corrected chi connectivity index (χ1v) is 8.52. The molecule has 0 amide bonds. The summed E-state index contributed by atoms with van der Waals surface area (Å²) in [5, 5.41) is 13.4. The molecule has 3 N–H and O–H groups in total. The van der Waals surface area contributed by atoms with Crippen LogP contribution in [0.15, 0.2) is 12.2 Å². The fourth-order valence-corrected chi connectivity index (χ4v) is 3.31. The lowest BCUT2D eigenvalue weighted by molar-refractivity contribution is -0.502. The summed E-state index contributed by atoms with van der Waals surface area (Å²) in [6, 6.07) is 1.27. The van der Waals surface area contributed by atoms with Crippen molar-refractivity contribution in [2.24, 2.45) is 0 Å². The van der Waals surface area contributed by atoms with E-state index < -0.39 is 0 Å². The molecular formula is C17H31N2O+. The van der Waals surface area contributed by atoms with Crippen molar-refractivity contribution in [2.45, 2.75) is 82.4 Å². The molecule has 0 aromatic rings. The average Bonchev–Trinajstić information content (AvgIpc) is 2.52. The smallest absolute Gasteiger partial charge is 0.161 e. The standard InChI is InChI=1S/C17H30N2O/c20-17(14-19-16-10-5-2-6-11-16)12-7-13-18-15-8-3-1-4-9-15/h7,12-13,15-17,19-20H,1-6,8-11,14H2/p+1. The average molecular weight is 279 g/mol. The molecule has 0 aromatic heterocycles. The second-order valence-electron chi connectivity index (χ2n) is 6.36. The van der Waals surface area contributed by atoms with Gasteiger partial charge in [0.25, 0.3) is 0 Å². The maximum Gasteiger partial charge on any atom is 0.161 e. The van der Waals surface area contributed by atoms with E-state index in [-0.39, 0.29) is 6.10 Å². The largest absolute Gasteiger partial charge is 0.388 e. The van der Waals surface area contributed by atoms with Crippen molar-refractivity contribution in [3.8, 4) is 0 Å². The van der Waals surface area contributed by atoms with Crippen LogP contribution in [0, 0.1) is 0 Å². The molecule has 114 valence electrons. The molecule has 0 bridgehead atoms. The van der Waals surface area contributed by atoms with E-state index in [1.54, 1.807) is 0 Å². The Hall–Kier alpha value is -0.670. The highest BCUT2D eigenvalue weighted by molar-refractivity contribution is 5.65. The number of hydrogen-bond donors (Lipinski definition) is 3. The van der Waals surface area contributed by atoms with Gasteiger partial charge in [0.05, 0.1) is 6.10 Å². The van der Waals surface area contributed by atoms with Crippen molar-refractivity contribution in [2.75, 3.05) is 6.54 Å². The molecule has 3 heteroatoms. The van der Waals surface area contributed by atoms with Gasteiger partial charge in [-0.1, -0.05) is 25.7 Å². The number of aliphatic hydroxyl groups is 1. The summed E-state index contributed by atoms with van der Waals surface area (Å²) in [5.74, 6) is 0. The first kappa shape index (κ1) is 15.7. The molecule has 0 heterocycles. The highest BCUT2D eigenvalue weighted by atomic mass is 16.3. The highest BCUT2D eigenvalue weighted by Gasteiger charge is 2.15. The van der Waals surface area contributed by atoms with Crippen LogP contribution in [-0.4, -0.2) is 36.1 Å². The summed E-state index contributed by atoms with van der Waals surface area (Å²) in [4.78, 5) is 3.44.